The van der Waals surface area contributed by atoms with Gasteiger partial charge in [-0.2, -0.15) is 10.4 Å². The number of thioether (sulfide) groups is 1. The van der Waals surface area contributed by atoms with Gasteiger partial charge in [-0.15, -0.1) is 0 Å². The molecule has 0 unspecified atom stereocenters. The lowest BCUT2D eigenvalue weighted by molar-refractivity contribution is 0.891. The summed E-state index contributed by atoms with van der Waals surface area (Å²) in [6, 6.07) is 4.26. The number of nitrogens with one attached hydrogen (secondary N) is 1. The molecule has 0 spiro atoms. The van der Waals surface area contributed by atoms with Crippen molar-refractivity contribution in [2.75, 3.05) is 0 Å². The van der Waals surface area contributed by atoms with Gasteiger partial charge in [0.05, 0.1) is 5.56 Å². The van der Waals surface area contributed by atoms with E-state index in [2.05, 4.69) is 16.3 Å². The summed E-state index contributed by atoms with van der Waals surface area (Å²) in [5, 5.41) is 17.1. The number of aryl methyl sites for hydroxylation is 1. The maximum absolute atomic E-state index is 9.36. The Morgan fingerprint density at radius 3 is 3.11 bits per heavy atom. The van der Waals surface area contributed by atoms with Crippen molar-refractivity contribution in [2.45, 2.75) is 37.0 Å². The quantitative estimate of drug-likeness (QED) is 0.871. The highest BCUT2D eigenvalue weighted by Gasteiger charge is 2.20. The highest BCUT2D eigenvalue weighted by molar-refractivity contribution is 7.98. The molecule has 3 rings (SSSR count). The normalized spacial score (nSPS) is 13.3. The van der Waals surface area contributed by atoms with Crippen LogP contribution in [0.3, 0.4) is 0 Å². The molecule has 0 saturated carbocycles. The summed E-state index contributed by atoms with van der Waals surface area (Å²) in [7, 11) is 0. The Morgan fingerprint density at radius 2 is 2.37 bits per heavy atom. The predicted molar refractivity (Wildman–Crippen MR) is 73.9 cm³/mol. The molecule has 2 aromatic rings. The van der Waals surface area contributed by atoms with Gasteiger partial charge in [0, 0.05) is 23.3 Å². The maximum Gasteiger partial charge on any atom is 0.115 e. The van der Waals surface area contributed by atoms with E-state index in [9.17, 15) is 5.26 Å². The highest BCUT2D eigenvalue weighted by atomic mass is 32.2. The van der Waals surface area contributed by atoms with Crippen LogP contribution in [-0.4, -0.2) is 15.2 Å². The molecule has 1 aliphatic carbocycles. The summed E-state index contributed by atoms with van der Waals surface area (Å²) in [5.74, 6) is 0.764. The Morgan fingerprint density at radius 1 is 1.47 bits per heavy atom. The van der Waals surface area contributed by atoms with Crippen molar-refractivity contribution < 1.29 is 0 Å². The number of aromatic amines is 1. The van der Waals surface area contributed by atoms with E-state index in [1.165, 1.54) is 11.3 Å². The van der Waals surface area contributed by atoms with E-state index in [0.29, 0.717) is 0 Å². The topological polar surface area (TPSA) is 65.4 Å². The van der Waals surface area contributed by atoms with Gasteiger partial charge < -0.3 is 0 Å². The van der Waals surface area contributed by atoms with Crippen LogP contribution in [0.5, 0.6) is 0 Å². The Kier molecular flexibility index (Phi) is 3.26. The molecule has 0 saturated heterocycles. The number of nitriles is 1. The van der Waals surface area contributed by atoms with Crippen molar-refractivity contribution in [1.82, 2.24) is 15.2 Å². The van der Waals surface area contributed by atoms with Crippen LogP contribution < -0.4 is 0 Å². The summed E-state index contributed by atoms with van der Waals surface area (Å²) in [4.78, 5) is 4.69. The zero-order valence-electron chi connectivity index (χ0n) is 10.7. The van der Waals surface area contributed by atoms with E-state index in [1.807, 2.05) is 13.0 Å². The number of aromatic nitrogens is 3. The van der Waals surface area contributed by atoms with E-state index in [1.54, 1.807) is 18.0 Å². The fourth-order valence-electron chi connectivity index (χ4n) is 2.49. The molecule has 1 N–H and O–H groups in total. The minimum Gasteiger partial charge on any atom is -0.282 e. The average Bonchev–Trinajstić information content (AvgIpc) is 3.07. The number of pyridine rings is 1. The van der Waals surface area contributed by atoms with E-state index < -0.39 is 0 Å². The monoisotopic (exact) mass is 270 g/mol. The van der Waals surface area contributed by atoms with Crippen molar-refractivity contribution in [2.24, 2.45) is 0 Å². The number of rotatable bonds is 3. The fraction of sp³-hybridized carbons (Fsp3) is 0.357. The molecule has 2 aromatic heterocycles. The molecule has 96 valence electrons. The second-order valence-electron chi connectivity index (χ2n) is 4.68. The summed E-state index contributed by atoms with van der Waals surface area (Å²) in [6.45, 7) is 2.05. The van der Waals surface area contributed by atoms with Gasteiger partial charge in [0.1, 0.15) is 11.1 Å². The fourth-order valence-corrected chi connectivity index (χ4v) is 3.46. The Bertz CT molecular complexity index is 640. The molecule has 0 aromatic carbocycles. The first-order chi connectivity index (χ1) is 9.29. The summed E-state index contributed by atoms with van der Waals surface area (Å²) in [5.41, 5.74) is 5.39. The smallest absolute Gasteiger partial charge is 0.115 e. The second kappa shape index (κ2) is 5.06. The van der Waals surface area contributed by atoms with Gasteiger partial charge >= 0.3 is 0 Å². The third kappa shape index (κ3) is 2.24. The lowest BCUT2D eigenvalue weighted by Gasteiger charge is -2.10. The number of nitrogens with zero attached hydrogens (tertiary/aromatic N) is 3. The van der Waals surface area contributed by atoms with Crippen LogP contribution in [0.15, 0.2) is 17.3 Å². The molecular formula is C14H14N4S. The number of H-pyrrole nitrogens is 1. The van der Waals surface area contributed by atoms with Gasteiger partial charge in [-0.3, -0.25) is 5.10 Å². The zero-order chi connectivity index (χ0) is 13.2. The van der Waals surface area contributed by atoms with Gasteiger partial charge in [-0.05, 0) is 43.4 Å². The number of hydrogen-bond acceptors (Lipinski definition) is 4. The third-order valence-corrected chi connectivity index (χ3v) is 4.53. The summed E-state index contributed by atoms with van der Waals surface area (Å²) in [6.07, 6.45) is 5.00. The first kappa shape index (κ1) is 12.2. The molecule has 0 amide bonds. The molecule has 1 aliphatic rings. The van der Waals surface area contributed by atoms with Crippen molar-refractivity contribution in [1.29, 1.82) is 5.26 Å². The van der Waals surface area contributed by atoms with Crippen molar-refractivity contribution in [3.8, 4) is 6.07 Å². The lowest BCUT2D eigenvalue weighted by Crippen LogP contribution is -2.00. The molecule has 0 radical (unpaired) electrons. The van der Waals surface area contributed by atoms with Crippen LogP contribution in [0, 0.1) is 18.3 Å². The first-order valence-electron chi connectivity index (χ1n) is 6.33. The molecular weight excluding hydrogens is 256 g/mol. The molecule has 0 atom stereocenters. The van der Waals surface area contributed by atoms with Crippen LogP contribution >= 0.6 is 11.8 Å². The van der Waals surface area contributed by atoms with Gasteiger partial charge in [0.15, 0.2) is 0 Å². The number of hydrogen-bond donors (Lipinski definition) is 1. The molecule has 2 heterocycles. The van der Waals surface area contributed by atoms with Crippen LogP contribution in [0.25, 0.3) is 0 Å². The minimum absolute atomic E-state index is 0.741. The number of fused-ring (bicyclic) bond motifs is 1. The Balaban J connectivity index is 1.92. The Hall–Kier alpha value is -1.80. The van der Waals surface area contributed by atoms with E-state index >= 15 is 0 Å². The third-order valence-electron chi connectivity index (χ3n) is 3.50. The van der Waals surface area contributed by atoms with E-state index in [0.717, 1.165) is 46.9 Å². The Labute approximate surface area is 116 Å². The van der Waals surface area contributed by atoms with Crippen molar-refractivity contribution in [3.63, 3.8) is 0 Å². The predicted octanol–water partition coefficient (Wildman–Crippen LogP) is 2.77. The SMILES string of the molecule is Cc1c(C#N)c(SCc2ccn[nH]2)nc2c1CCC2. The van der Waals surface area contributed by atoms with E-state index in [-0.39, 0.29) is 0 Å². The summed E-state index contributed by atoms with van der Waals surface area (Å²) >= 11 is 1.60. The van der Waals surface area contributed by atoms with Crippen LogP contribution in [-0.2, 0) is 18.6 Å². The van der Waals surface area contributed by atoms with E-state index in [4.69, 9.17) is 4.98 Å². The minimum atomic E-state index is 0.741. The van der Waals surface area contributed by atoms with Crippen LogP contribution in [0.2, 0.25) is 0 Å². The highest BCUT2D eigenvalue weighted by Crippen LogP contribution is 2.32. The molecule has 0 fully saturated rings. The molecule has 4 nitrogen and oxygen atoms in total. The zero-order valence-corrected chi connectivity index (χ0v) is 11.5. The van der Waals surface area contributed by atoms with Crippen molar-refractivity contribution >= 4 is 11.8 Å². The van der Waals surface area contributed by atoms with Crippen molar-refractivity contribution in [3.05, 3.63) is 40.3 Å². The molecule has 0 aliphatic heterocycles. The average molecular weight is 270 g/mol. The molecule has 0 bridgehead atoms. The maximum atomic E-state index is 9.36. The second-order valence-corrected chi connectivity index (χ2v) is 5.64. The van der Waals surface area contributed by atoms with Crippen LogP contribution in [0.4, 0.5) is 0 Å². The first-order valence-corrected chi connectivity index (χ1v) is 7.31. The van der Waals surface area contributed by atoms with Gasteiger partial charge in [0.25, 0.3) is 0 Å². The molecule has 5 heteroatoms. The van der Waals surface area contributed by atoms with Gasteiger partial charge in [-0.25, -0.2) is 4.98 Å². The molecule has 19 heavy (non-hydrogen) atoms. The van der Waals surface area contributed by atoms with Gasteiger partial charge in [0.2, 0.25) is 0 Å². The lowest BCUT2D eigenvalue weighted by atomic mass is 10.0. The largest absolute Gasteiger partial charge is 0.282 e. The summed E-state index contributed by atoms with van der Waals surface area (Å²) < 4.78 is 0. The standard InChI is InChI=1S/C14H14N4S/c1-9-11-3-2-4-13(11)17-14(12(9)7-15)19-8-10-5-6-16-18-10/h5-6H,2-4,8H2,1H3,(H,16,18). The van der Waals surface area contributed by atoms with Crippen LogP contribution in [0.1, 0.15) is 34.5 Å². The van der Waals surface area contributed by atoms with Gasteiger partial charge in [-0.1, -0.05) is 11.8 Å².